The first-order chi connectivity index (χ1) is 65.1. The number of hydrogen-bond acceptors (Lipinski definition) is 38. The van der Waals surface area contributed by atoms with E-state index < -0.39 is 120 Å². The van der Waals surface area contributed by atoms with Gasteiger partial charge in [-0.1, -0.05) is 62.3 Å². The zero-order chi connectivity index (χ0) is 95.0. The van der Waals surface area contributed by atoms with E-state index in [1.54, 1.807) is 0 Å². The molecular formula is C97H110N2O36S2. The highest BCUT2D eigenvalue weighted by Crippen LogP contribution is 2.70. The highest BCUT2D eigenvalue weighted by Gasteiger charge is 2.80. The second-order valence-corrected chi connectivity index (χ2v) is 51.6. The lowest BCUT2D eigenvalue weighted by atomic mass is 9.66. The molecule has 33 fully saturated rings. The Balaban J connectivity index is 0.0000000822. The number of ether oxygens (including phenoxy) is 17. The summed E-state index contributed by atoms with van der Waals surface area (Å²) in [7, 11) is -7.16. The average Bonchev–Trinajstić information content (AvgIpc) is 1.51. The second-order valence-electron chi connectivity index (χ2n) is 48.1. The second kappa shape index (κ2) is 28.8. The summed E-state index contributed by atoms with van der Waals surface area (Å²) < 4.78 is 153. The number of hydrogen-bond donors (Lipinski definition) is 0. The molecule has 22 bridgehead atoms. The van der Waals surface area contributed by atoms with Crippen molar-refractivity contribution in [1.29, 1.82) is 10.5 Å². The van der Waals surface area contributed by atoms with Gasteiger partial charge in [0.05, 0.1) is 107 Å². The maximum absolute atomic E-state index is 12.9. The van der Waals surface area contributed by atoms with Crippen molar-refractivity contribution in [2.75, 3.05) is 0 Å². The molecule has 14 aliphatic carbocycles. The Hall–Kier alpha value is -8.25. The Morgan fingerprint density at radius 2 is 0.759 bits per heavy atom. The van der Waals surface area contributed by atoms with Crippen molar-refractivity contribution in [3.63, 3.8) is 0 Å². The molecule has 0 aromatic carbocycles. The number of esters is 13. The van der Waals surface area contributed by atoms with Crippen LogP contribution >= 0.6 is 0 Å². The lowest BCUT2D eigenvalue weighted by Gasteiger charge is -2.31. The number of rotatable bonds is 8. The fourth-order valence-electron chi connectivity index (χ4n) is 35.6. The van der Waals surface area contributed by atoms with Crippen molar-refractivity contribution < 1.29 is 168 Å². The molecule has 0 amide bonds. The topological polar surface area (TPSA) is 513 Å². The van der Waals surface area contributed by atoms with Crippen molar-refractivity contribution in [3.8, 4) is 12.1 Å². The van der Waals surface area contributed by atoms with Crippen LogP contribution in [0.5, 0.6) is 0 Å². The summed E-state index contributed by atoms with van der Waals surface area (Å²) in [6.07, 6.45) is 4.37. The maximum atomic E-state index is 12.9. The molecule has 33 rings (SSSR count). The maximum Gasteiger partial charge on any atom is 0.329 e. The lowest BCUT2D eigenvalue weighted by molar-refractivity contribution is -0.170. The molecule has 137 heavy (non-hydrogen) atoms. The molecule has 736 valence electrons. The van der Waals surface area contributed by atoms with E-state index in [9.17, 15) is 79.2 Å². The van der Waals surface area contributed by atoms with Crippen LogP contribution in [-0.2, 0) is 171 Å². The van der Waals surface area contributed by atoms with Crippen LogP contribution in [0.1, 0.15) is 152 Å². The summed E-state index contributed by atoms with van der Waals surface area (Å²) in [5, 5.41) is 17.1. The smallest absolute Gasteiger partial charge is 0.329 e. The first kappa shape index (κ1) is 87.7. The monoisotopic (exact) mass is 1940 g/mol. The number of fused-ring (bicyclic) bond motifs is 11. The molecule has 57 atom stereocenters. The van der Waals surface area contributed by atoms with Crippen molar-refractivity contribution in [1.82, 2.24) is 0 Å². The zero-order valence-corrected chi connectivity index (χ0v) is 78.2. The van der Waals surface area contributed by atoms with E-state index in [0.29, 0.717) is 37.5 Å². The molecule has 0 N–H and O–H groups in total. The fourth-order valence-corrected chi connectivity index (χ4v) is 39.1. The summed E-state index contributed by atoms with van der Waals surface area (Å²) >= 11 is 0. The van der Waals surface area contributed by atoms with Gasteiger partial charge in [-0.05, 0) is 143 Å². The van der Waals surface area contributed by atoms with Gasteiger partial charge < -0.3 is 80.5 Å². The highest BCUT2D eigenvalue weighted by molar-refractivity contribution is 7.88. The van der Waals surface area contributed by atoms with Gasteiger partial charge in [0.2, 0.25) is 0 Å². The summed E-state index contributed by atoms with van der Waals surface area (Å²) in [5.41, 5.74) is -1.85. The minimum absolute atomic E-state index is 0.00409. The van der Waals surface area contributed by atoms with E-state index in [-0.39, 0.29) is 316 Å². The predicted octanol–water partition coefficient (Wildman–Crippen LogP) is 3.51. The van der Waals surface area contributed by atoms with Crippen LogP contribution in [0.2, 0.25) is 0 Å². The van der Waals surface area contributed by atoms with Crippen LogP contribution in [-0.4, -0.2) is 245 Å². The Morgan fingerprint density at radius 3 is 1.28 bits per heavy atom. The minimum Gasteiger partial charge on any atom is -0.462 e. The van der Waals surface area contributed by atoms with Gasteiger partial charge in [0, 0.05) is 70.5 Å². The molecule has 38 nitrogen and oxygen atoms in total. The Kier molecular flexibility index (Phi) is 18.5. The third-order valence-corrected chi connectivity index (χ3v) is 45.7. The van der Waals surface area contributed by atoms with E-state index in [4.69, 9.17) is 99.4 Å². The summed E-state index contributed by atoms with van der Waals surface area (Å²) in [6.45, 7) is 18.6. The molecule has 14 saturated carbocycles. The Morgan fingerprint density at radius 1 is 0.321 bits per heavy atom. The Bertz CT molecular complexity index is 5520. The number of nitrogens with zero attached hydrogens (tertiary/aromatic N) is 2. The summed E-state index contributed by atoms with van der Waals surface area (Å²) in [5.74, 6) is -3.34. The van der Waals surface area contributed by atoms with Gasteiger partial charge in [-0.3, -0.25) is 70.7 Å². The molecule has 0 aromatic rings. The van der Waals surface area contributed by atoms with Crippen LogP contribution < -0.4 is 0 Å². The number of carbonyl (C=O) groups excluding carboxylic acids is 13. The quantitative estimate of drug-likeness (QED) is 0.191. The summed E-state index contributed by atoms with van der Waals surface area (Å²) in [6, 6.07) is 4.28. The number of carbonyl (C=O) groups is 13. The van der Waals surface area contributed by atoms with Crippen LogP contribution in [0.25, 0.3) is 0 Å². The first-order valence-electron chi connectivity index (χ1n) is 50.1. The molecule has 19 aliphatic heterocycles. The molecule has 19 heterocycles. The fraction of sp³-hybridized carbons (Fsp3) is 0.845. The third-order valence-electron chi connectivity index (χ3n) is 42.2. The van der Waals surface area contributed by atoms with Gasteiger partial charge in [0.25, 0.3) is 20.2 Å². The van der Waals surface area contributed by atoms with Crippen molar-refractivity contribution in [3.05, 3.63) is 0 Å². The average molecular weight is 1940 g/mol. The van der Waals surface area contributed by atoms with Crippen molar-refractivity contribution in [2.24, 2.45) is 199 Å². The van der Waals surface area contributed by atoms with Crippen molar-refractivity contribution in [2.45, 2.75) is 303 Å². The van der Waals surface area contributed by atoms with E-state index in [1.165, 1.54) is 0 Å². The Labute approximate surface area is 786 Å². The molecular weight excluding hydrogens is 1830 g/mol. The third kappa shape index (κ3) is 11.4. The normalized spacial score (nSPS) is 57.2. The van der Waals surface area contributed by atoms with E-state index in [1.807, 2.05) is 27.7 Å². The number of nitriles is 2. The SMILES string of the molecule is CC1(C)C2CC3(C#N)C(=O)OC1C3O2.CC1(C)C2CC3C(=O)OC1C3O2.CC1C2CC3C1OC(=O)C3(C#N)C2.CC1C2CC3C1OC(=O)C3C2C(=O)OC1C2CC3C(=O)OC1C3C2.CC1C2CC3C1OC(=O)C3C2C(=O)OC1C2CC3C(=O)OC1C3O2.CC1C2CC3C1OC(=O)C3C2C(=O)OC1C2CC3C(O2)C1OS3(=O)=O.CC1C2CC3C1OC(=O)C3C2C(=O)OC1C2CC3C1OS(=O)(=O)C3C2. The molecule has 40 heteroatoms. The van der Waals surface area contributed by atoms with Gasteiger partial charge in [-0.2, -0.15) is 27.4 Å². The van der Waals surface area contributed by atoms with E-state index >= 15 is 0 Å². The first-order valence-corrected chi connectivity index (χ1v) is 53.0. The van der Waals surface area contributed by atoms with Crippen LogP contribution in [0.3, 0.4) is 0 Å². The molecule has 0 aromatic heterocycles. The predicted molar refractivity (Wildman–Crippen MR) is 440 cm³/mol. The van der Waals surface area contributed by atoms with Gasteiger partial charge in [-0.15, -0.1) is 0 Å². The minimum atomic E-state index is -3.64. The van der Waals surface area contributed by atoms with Crippen LogP contribution in [0.15, 0.2) is 0 Å². The van der Waals surface area contributed by atoms with Gasteiger partial charge in [0.1, 0.15) is 103 Å². The van der Waals surface area contributed by atoms with E-state index in [0.717, 1.165) is 64.2 Å². The largest absolute Gasteiger partial charge is 0.462 e. The molecule has 57 unspecified atom stereocenters. The summed E-state index contributed by atoms with van der Waals surface area (Å²) in [4.78, 5) is 158. The zero-order valence-electron chi connectivity index (χ0n) is 76.6. The van der Waals surface area contributed by atoms with Crippen LogP contribution in [0, 0.1) is 222 Å². The highest BCUT2D eigenvalue weighted by atomic mass is 32.2. The molecule has 19 saturated heterocycles. The lowest BCUT2D eigenvalue weighted by Crippen LogP contribution is -2.45. The molecule has 0 radical (unpaired) electrons. The van der Waals surface area contributed by atoms with E-state index in [2.05, 4.69) is 46.8 Å². The van der Waals surface area contributed by atoms with Gasteiger partial charge >= 0.3 is 77.6 Å². The molecule has 33 aliphatic rings. The van der Waals surface area contributed by atoms with Crippen molar-refractivity contribution >= 4 is 97.8 Å². The van der Waals surface area contributed by atoms with Gasteiger partial charge in [0.15, 0.2) is 29.1 Å². The van der Waals surface area contributed by atoms with Gasteiger partial charge in [-0.25, -0.2) is 0 Å². The van der Waals surface area contributed by atoms with Crippen LogP contribution in [0.4, 0.5) is 0 Å². The standard InChI is InChI=1S/C18H20O6.C17H20O7S.C17H18O7.C16H18O8S.C10H11NO3.C10H11NO2.C9H12O3/c1-5-7-4-10-12(18(21)22-13(5)10)11(7)17(20)23-14-6-2-8-9(3-6)16(19)24-15(8)14;1-5-7-4-9-12(17(19)22-13(5)9)11(7)16(18)23-14-6-2-8-10(3-6)25(20,21)24-15(8)14;1-4-5-2-6-10(17(20)22-11(4)6)9(5)16(19)23-13-8-3-7-12(21-8)14(13)24-15(7)18;1-4-5-2-6-10(16(18)22-11(4)6)9(5)15(17)23-12-7-3-8-13(21-7)14(12)24-25(8,19)20;1-9(2)5-3-10(4-11)7(13-5)6(9)14-8(10)12;1-5-6-2-7-8(5)13-9(12)10(7,3-6)4-11;1-9(2)5-3-4-6(11-5)7(9)12-8(4)10/h5-15H,2-4H2,1H3;5-15H,2-4H2,1H3;4-14H,2-3H2,1H3;4-14H,2-3H2,1H3;5-7H,3H2,1-2H3;5-8H,2-3H2,1H3;4-7H,3H2,1-2H3. The molecule has 0 spiro atoms.